The average molecular weight is 319 g/mol. The van der Waals surface area contributed by atoms with Crippen LogP contribution in [0, 0.1) is 5.92 Å². The normalized spacial score (nSPS) is 16.0. The first-order valence-corrected chi connectivity index (χ1v) is 7.61. The summed E-state index contributed by atoms with van der Waals surface area (Å²) in [4.78, 5) is 45.5. The summed E-state index contributed by atoms with van der Waals surface area (Å²) in [5.41, 5.74) is -0.551. The maximum atomic E-state index is 12.2. The molecule has 1 aromatic rings. The van der Waals surface area contributed by atoms with Gasteiger partial charge in [-0.05, 0) is 39.7 Å². The van der Waals surface area contributed by atoms with Crippen LogP contribution in [0.5, 0.6) is 0 Å². The van der Waals surface area contributed by atoms with E-state index in [9.17, 15) is 14.4 Å². The molecule has 0 spiro atoms. The van der Waals surface area contributed by atoms with E-state index in [1.54, 1.807) is 31.7 Å². The van der Waals surface area contributed by atoms with E-state index in [1.165, 1.54) is 12.4 Å². The second-order valence-electron chi connectivity index (χ2n) is 6.51. The highest BCUT2D eigenvalue weighted by Crippen LogP contribution is 2.21. The van der Waals surface area contributed by atoms with Crippen molar-refractivity contribution in [3.63, 3.8) is 0 Å². The van der Waals surface area contributed by atoms with Crippen LogP contribution in [0.15, 0.2) is 18.5 Å². The Bertz CT molecular complexity index is 587. The van der Waals surface area contributed by atoms with Crippen molar-refractivity contribution in [2.75, 3.05) is 13.1 Å². The molecule has 0 N–H and O–H groups in total. The Balaban J connectivity index is 1.90. The van der Waals surface area contributed by atoms with Gasteiger partial charge in [0.15, 0.2) is 0 Å². The molecule has 1 saturated heterocycles. The van der Waals surface area contributed by atoms with Gasteiger partial charge in [0, 0.05) is 31.4 Å². The number of nitrogens with zero attached hydrogens (tertiary/aromatic N) is 3. The standard InChI is InChI=1S/C16H21N3O4/c1-16(2,3)23-15(22)19-9-5-11(6-10-19)12(20)13(21)14-17-7-4-8-18-14/h4,7-8,11H,5-6,9-10H2,1-3H3. The van der Waals surface area contributed by atoms with E-state index < -0.39 is 23.1 Å². The predicted molar refractivity (Wildman–Crippen MR) is 81.9 cm³/mol. The van der Waals surface area contributed by atoms with Gasteiger partial charge in [-0.15, -0.1) is 0 Å². The Hall–Kier alpha value is -2.31. The monoisotopic (exact) mass is 319 g/mol. The van der Waals surface area contributed by atoms with Gasteiger partial charge in [0.2, 0.25) is 11.6 Å². The average Bonchev–Trinajstić information content (AvgIpc) is 2.53. The molecule has 1 aromatic heterocycles. The number of aromatic nitrogens is 2. The number of amides is 1. The van der Waals surface area contributed by atoms with E-state index in [0.29, 0.717) is 25.9 Å². The molecule has 0 radical (unpaired) electrons. The van der Waals surface area contributed by atoms with Crippen LogP contribution in [0.1, 0.15) is 44.2 Å². The van der Waals surface area contributed by atoms with Crippen LogP contribution in [-0.4, -0.2) is 51.2 Å². The topological polar surface area (TPSA) is 89.5 Å². The number of hydrogen-bond acceptors (Lipinski definition) is 6. The fraction of sp³-hybridized carbons (Fsp3) is 0.562. The Morgan fingerprint density at radius 1 is 1.13 bits per heavy atom. The first-order chi connectivity index (χ1) is 10.8. The molecule has 0 bridgehead atoms. The number of piperidine rings is 1. The van der Waals surface area contributed by atoms with Gasteiger partial charge in [-0.1, -0.05) is 0 Å². The Labute approximate surface area is 135 Å². The summed E-state index contributed by atoms with van der Waals surface area (Å²) in [5.74, 6) is -1.63. The fourth-order valence-corrected chi connectivity index (χ4v) is 2.36. The van der Waals surface area contributed by atoms with Crippen molar-refractivity contribution in [1.82, 2.24) is 14.9 Å². The SMILES string of the molecule is CC(C)(C)OC(=O)N1CCC(C(=O)C(=O)c2ncccn2)CC1. The van der Waals surface area contributed by atoms with Gasteiger partial charge in [0.25, 0.3) is 5.78 Å². The van der Waals surface area contributed by atoms with Gasteiger partial charge in [0.05, 0.1) is 0 Å². The fourth-order valence-electron chi connectivity index (χ4n) is 2.36. The summed E-state index contributed by atoms with van der Waals surface area (Å²) in [6.07, 6.45) is 3.35. The van der Waals surface area contributed by atoms with Crippen LogP contribution in [0.25, 0.3) is 0 Å². The predicted octanol–water partition coefficient (Wildman–Crippen LogP) is 1.88. The van der Waals surface area contributed by atoms with E-state index in [2.05, 4.69) is 9.97 Å². The van der Waals surface area contributed by atoms with Crippen molar-refractivity contribution < 1.29 is 19.1 Å². The van der Waals surface area contributed by atoms with Crippen molar-refractivity contribution in [1.29, 1.82) is 0 Å². The number of carbonyl (C=O) groups is 3. The van der Waals surface area contributed by atoms with Gasteiger partial charge in [-0.2, -0.15) is 0 Å². The zero-order valence-corrected chi connectivity index (χ0v) is 13.6. The summed E-state index contributed by atoms with van der Waals surface area (Å²) >= 11 is 0. The molecule has 1 aliphatic rings. The third-order valence-electron chi connectivity index (χ3n) is 3.51. The van der Waals surface area contributed by atoms with E-state index in [-0.39, 0.29) is 11.9 Å². The highest BCUT2D eigenvalue weighted by molar-refractivity contribution is 6.43. The number of ether oxygens (including phenoxy) is 1. The Morgan fingerprint density at radius 3 is 2.22 bits per heavy atom. The lowest BCUT2D eigenvalue weighted by Gasteiger charge is -2.32. The lowest BCUT2D eigenvalue weighted by molar-refractivity contribution is -0.120. The second kappa shape index (κ2) is 6.85. The van der Waals surface area contributed by atoms with Gasteiger partial charge in [0.1, 0.15) is 5.60 Å². The van der Waals surface area contributed by atoms with Gasteiger partial charge in [-0.3, -0.25) is 9.59 Å². The molecule has 7 nitrogen and oxygen atoms in total. The summed E-state index contributed by atoms with van der Waals surface area (Å²) in [6.45, 7) is 6.21. The first-order valence-electron chi connectivity index (χ1n) is 7.61. The zero-order chi connectivity index (χ0) is 17.0. The number of rotatable bonds is 3. The van der Waals surface area contributed by atoms with Crippen molar-refractivity contribution in [2.24, 2.45) is 5.92 Å². The number of hydrogen-bond donors (Lipinski definition) is 0. The number of ketones is 2. The molecule has 0 aliphatic carbocycles. The smallest absolute Gasteiger partial charge is 0.410 e. The molecule has 1 fully saturated rings. The molecule has 0 aromatic carbocycles. The highest BCUT2D eigenvalue weighted by Gasteiger charge is 2.33. The minimum atomic E-state index is -0.665. The molecule has 1 amide bonds. The highest BCUT2D eigenvalue weighted by atomic mass is 16.6. The molecular formula is C16H21N3O4. The molecule has 7 heteroatoms. The third-order valence-corrected chi connectivity index (χ3v) is 3.51. The Kier molecular flexibility index (Phi) is 5.08. The van der Waals surface area contributed by atoms with Crippen molar-refractivity contribution in [3.8, 4) is 0 Å². The molecular weight excluding hydrogens is 298 g/mol. The zero-order valence-electron chi connectivity index (χ0n) is 13.6. The quantitative estimate of drug-likeness (QED) is 0.624. The van der Waals surface area contributed by atoms with E-state index in [1.807, 2.05) is 0 Å². The van der Waals surface area contributed by atoms with E-state index in [4.69, 9.17) is 4.74 Å². The Morgan fingerprint density at radius 2 is 1.70 bits per heavy atom. The van der Waals surface area contributed by atoms with E-state index in [0.717, 1.165) is 0 Å². The lowest BCUT2D eigenvalue weighted by Crippen LogP contribution is -2.43. The van der Waals surface area contributed by atoms with Gasteiger partial charge >= 0.3 is 6.09 Å². The molecule has 1 aliphatic heterocycles. The minimum Gasteiger partial charge on any atom is -0.444 e. The van der Waals surface area contributed by atoms with Crippen LogP contribution in [0.4, 0.5) is 4.79 Å². The van der Waals surface area contributed by atoms with Crippen LogP contribution < -0.4 is 0 Å². The van der Waals surface area contributed by atoms with Gasteiger partial charge < -0.3 is 9.64 Å². The molecule has 23 heavy (non-hydrogen) atoms. The molecule has 0 unspecified atom stereocenters. The lowest BCUT2D eigenvalue weighted by atomic mass is 9.90. The molecule has 2 rings (SSSR count). The van der Waals surface area contributed by atoms with Crippen molar-refractivity contribution in [3.05, 3.63) is 24.3 Å². The van der Waals surface area contributed by atoms with E-state index >= 15 is 0 Å². The number of likely N-dealkylation sites (tertiary alicyclic amines) is 1. The minimum absolute atomic E-state index is 0.0768. The third kappa shape index (κ3) is 4.58. The second-order valence-corrected chi connectivity index (χ2v) is 6.51. The number of carbonyl (C=O) groups excluding carboxylic acids is 3. The van der Waals surface area contributed by atoms with Crippen LogP contribution in [0.2, 0.25) is 0 Å². The van der Waals surface area contributed by atoms with Crippen molar-refractivity contribution in [2.45, 2.75) is 39.2 Å². The van der Waals surface area contributed by atoms with Crippen molar-refractivity contribution >= 4 is 17.7 Å². The molecule has 2 heterocycles. The summed E-state index contributed by atoms with van der Waals surface area (Å²) in [6, 6.07) is 1.58. The summed E-state index contributed by atoms with van der Waals surface area (Å²) in [7, 11) is 0. The maximum Gasteiger partial charge on any atom is 0.410 e. The summed E-state index contributed by atoms with van der Waals surface area (Å²) in [5, 5.41) is 0. The van der Waals surface area contributed by atoms with Crippen LogP contribution in [-0.2, 0) is 9.53 Å². The molecule has 0 saturated carbocycles. The maximum absolute atomic E-state index is 12.2. The number of Topliss-reactive ketones (excluding diaryl/α,β-unsaturated/α-hetero) is 2. The largest absolute Gasteiger partial charge is 0.444 e. The first kappa shape index (κ1) is 17.1. The molecule has 124 valence electrons. The van der Waals surface area contributed by atoms with Crippen LogP contribution in [0.3, 0.4) is 0 Å². The van der Waals surface area contributed by atoms with Crippen LogP contribution >= 0.6 is 0 Å². The van der Waals surface area contributed by atoms with Gasteiger partial charge in [-0.25, -0.2) is 14.8 Å². The molecule has 0 atom stereocenters. The summed E-state index contributed by atoms with van der Waals surface area (Å²) < 4.78 is 5.30.